The monoisotopic (exact) mass is 268 g/mol. The van der Waals surface area contributed by atoms with Gasteiger partial charge in [0, 0.05) is 11.1 Å². The fourth-order valence-electron chi connectivity index (χ4n) is 2.23. The average molecular weight is 269 g/mol. The highest BCUT2D eigenvalue weighted by Gasteiger charge is 2.24. The van der Waals surface area contributed by atoms with Crippen LogP contribution in [0.4, 0.5) is 0 Å². The van der Waals surface area contributed by atoms with Gasteiger partial charge in [0.05, 0.1) is 5.56 Å². The summed E-state index contributed by atoms with van der Waals surface area (Å²) in [6.45, 7) is 0. The number of rotatable bonds is 3. The number of carbonyl (C=O) groups excluding carboxylic acids is 1. The van der Waals surface area contributed by atoms with Crippen molar-refractivity contribution in [2.24, 2.45) is 11.5 Å². The van der Waals surface area contributed by atoms with Gasteiger partial charge in [0.15, 0.2) is 0 Å². The molecule has 2 unspecified atom stereocenters. The molecule has 0 spiro atoms. The van der Waals surface area contributed by atoms with Crippen LogP contribution in [0.2, 0.25) is 5.02 Å². The molecule has 1 amide bonds. The Morgan fingerprint density at radius 2 is 2.06 bits per heavy atom. The molecule has 0 aliphatic heterocycles. The summed E-state index contributed by atoms with van der Waals surface area (Å²) in [6, 6.07) is 4.81. The third kappa shape index (κ3) is 2.94. The van der Waals surface area contributed by atoms with Gasteiger partial charge in [-0.1, -0.05) is 18.0 Å². The van der Waals surface area contributed by atoms with E-state index in [-0.39, 0.29) is 12.1 Å². The largest absolute Gasteiger partial charge is 0.488 e. The van der Waals surface area contributed by atoms with E-state index in [9.17, 15) is 4.79 Å². The Balaban J connectivity index is 2.21. The van der Waals surface area contributed by atoms with Crippen LogP contribution in [0.15, 0.2) is 18.2 Å². The van der Waals surface area contributed by atoms with E-state index in [0.29, 0.717) is 16.3 Å². The Morgan fingerprint density at radius 3 is 2.72 bits per heavy atom. The van der Waals surface area contributed by atoms with Crippen LogP contribution in [0, 0.1) is 0 Å². The van der Waals surface area contributed by atoms with Gasteiger partial charge in [0.1, 0.15) is 11.9 Å². The van der Waals surface area contributed by atoms with E-state index in [1.165, 1.54) is 0 Å². The molecule has 4 nitrogen and oxygen atoms in total. The minimum absolute atomic E-state index is 0.00143. The molecule has 0 aromatic heterocycles. The summed E-state index contributed by atoms with van der Waals surface area (Å²) in [4.78, 5) is 11.3. The molecular weight excluding hydrogens is 252 g/mol. The Morgan fingerprint density at radius 1 is 1.33 bits per heavy atom. The first-order valence-electron chi connectivity index (χ1n) is 6.09. The van der Waals surface area contributed by atoms with Crippen molar-refractivity contribution in [2.45, 2.75) is 37.8 Å². The molecule has 0 bridgehead atoms. The summed E-state index contributed by atoms with van der Waals surface area (Å²) in [5.41, 5.74) is 11.7. The molecule has 98 valence electrons. The van der Waals surface area contributed by atoms with Gasteiger partial charge < -0.3 is 16.2 Å². The van der Waals surface area contributed by atoms with E-state index in [4.69, 9.17) is 27.8 Å². The van der Waals surface area contributed by atoms with Crippen molar-refractivity contribution in [1.29, 1.82) is 0 Å². The highest BCUT2D eigenvalue weighted by molar-refractivity contribution is 6.30. The van der Waals surface area contributed by atoms with E-state index < -0.39 is 5.91 Å². The van der Waals surface area contributed by atoms with Gasteiger partial charge in [-0.05, 0) is 37.5 Å². The molecule has 5 heteroatoms. The summed E-state index contributed by atoms with van der Waals surface area (Å²) in [7, 11) is 0. The number of benzene rings is 1. The molecule has 2 atom stereocenters. The molecule has 1 aliphatic carbocycles. The Labute approximate surface area is 111 Å². The molecule has 18 heavy (non-hydrogen) atoms. The number of nitrogens with two attached hydrogens (primary N) is 2. The maximum atomic E-state index is 11.3. The summed E-state index contributed by atoms with van der Waals surface area (Å²) in [5.74, 6) is -0.0941. The van der Waals surface area contributed by atoms with Crippen molar-refractivity contribution >= 4 is 17.5 Å². The van der Waals surface area contributed by atoms with Crippen LogP contribution in [0.25, 0.3) is 0 Å². The zero-order valence-corrected chi connectivity index (χ0v) is 10.8. The Hall–Kier alpha value is -1.26. The first-order valence-corrected chi connectivity index (χ1v) is 6.47. The summed E-state index contributed by atoms with van der Waals surface area (Å²) >= 11 is 5.91. The maximum absolute atomic E-state index is 11.3. The van der Waals surface area contributed by atoms with Crippen LogP contribution in [-0.2, 0) is 0 Å². The van der Waals surface area contributed by atoms with Gasteiger partial charge in [0.2, 0.25) is 0 Å². The van der Waals surface area contributed by atoms with Crippen molar-refractivity contribution in [3.8, 4) is 5.75 Å². The predicted octanol–water partition coefficient (Wildman–Crippen LogP) is 2.09. The van der Waals surface area contributed by atoms with E-state index in [0.717, 1.165) is 25.7 Å². The number of primary amides is 1. The zero-order chi connectivity index (χ0) is 13.1. The van der Waals surface area contributed by atoms with Gasteiger partial charge in [-0.3, -0.25) is 4.79 Å². The normalized spacial score (nSPS) is 23.7. The third-order valence-electron chi connectivity index (χ3n) is 3.24. The SMILES string of the molecule is NC(=O)c1ccc(Cl)cc1OC1CCCCC1N. The second-order valence-corrected chi connectivity index (χ2v) is 5.05. The molecule has 0 radical (unpaired) electrons. The van der Waals surface area contributed by atoms with E-state index in [2.05, 4.69) is 0 Å². The van der Waals surface area contributed by atoms with Crippen LogP contribution in [0.1, 0.15) is 36.0 Å². The van der Waals surface area contributed by atoms with Crippen molar-refractivity contribution in [2.75, 3.05) is 0 Å². The summed E-state index contributed by atoms with van der Waals surface area (Å²) in [5, 5.41) is 0.513. The average Bonchev–Trinajstić information content (AvgIpc) is 2.32. The second kappa shape index (κ2) is 5.59. The van der Waals surface area contributed by atoms with Gasteiger partial charge in [-0.15, -0.1) is 0 Å². The van der Waals surface area contributed by atoms with E-state index in [1.807, 2.05) is 0 Å². The number of amides is 1. The van der Waals surface area contributed by atoms with E-state index >= 15 is 0 Å². The van der Waals surface area contributed by atoms with Crippen molar-refractivity contribution in [3.05, 3.63) is 28.8 Å². The fourth-order valence-corrected chi connectivity index (χ4v) is 2.39. The lowest BCUT2D eigenvalue weighted by molar-refractivity contribution is 0.0981. The summed E-state index contributed by atoms with van der Waals surface area (Å²) < 4.78 is 5.83. The molecule has 1 aromatic rings. The van der Waals surface area contributed by atoms with Crippen LogP contribution < -0.4 is 16.2 Å². The van der Waals surface area contributed by atoms with Gasteiger partial charge >= 0.3 is 0 Å². The van der Waals surface area contributed by atoms with E-state index in [1.54, 1.807) is 18.2 Å². The van der Waals surface area contributed by atoms with Gasteiger partial charge in [0.25, 0.3) is 5.91 Å². The van der Waals surface area contributed by atoms with Gasteiger partial charge in [-0.25, -0.2) is 0 Å². The first-order chi connectivity index (χ1) is 8.58. The lowest BCUT2D eigenvalue weighted by Crippen LogP contribution is -2.41. The highest BCUT2D eigenvalue weighted by Crippen LogP contribution is 2.28. The number of halogens is 1. The fraction of sp³-hybridized carbons (Fsp3) is 0.462. The molecule has 1 saturated carbocycles. The predicted molar refractivity (Wildman–Crippen MR) is 70.8 cm³/mol. The van der Waals surface area contributed by atoms with Crippen LogP contribution >= 0.6 is 11.6 Å². The Bertz CT molecular complexity index is 451. The highest BCUT2D eigenvalue weighted by atomic mass is 35.5. The summed E-state index contributed by atoms with van der Waals surface area (Å²) in [6.07, 6.45) is 3.97. The molecule has 0 saturated heterocycles. The van der Waals surface area contributed by atoms with Crippen molar-refractivity contribution in [1.82, 2.24) is 0 Å². The maximum Gasteiger partial charge on any atom is 0.252 e. The molecule has 2 rings (SSSR count). The molecule has 4 N–H and O–H groups in total. The second-order valence-electron chi connectivity index (χ2n) is 4.61. The lowest BCUT2D eigenvalue weighted by Gasteiger charge is -2.29. The number of hydrogen-bond donors (Lipinski definition) is 2. The molecule has 0 heterocycles. The number of hydrogen-bond acceptors (Lipinski definition) is 3. The van der Waals surface area contributed by atoms with Crippen LogP contribution in [0.5, 0.6) is 5.75 Å². The molecular formula is C13H17ClN2O2. The Kier molecular flexibility index (Phi) is 4.09. The molecule has 1 aliphatic rings. The standard InChI is InChI=1S/C13H17ClN2O2/c14-8-5-6-9(13(16)17)12(7-8)18-11-4-2-1-3-10(11)15/h5-7,10-11H,1-4,15H2,(H2,16,17). The molecule has 1 aromatic carbocycles. The van der Waals surface area contributed by atoms with Gasteiger partial charge in [-0.2, -0.15) is 0 Å². The number of ether oxygens (including phenoxy) is 1. The lowest BCUT2D eigenvalue weighted by atomic mass is 9.93. The topological polar surface area (TPSA) is 78.3 Å². The minimum atomic E-state index is -0.522. The zero-order valence-electron chi connectivity index (χ0n) is 10.1. The van der Waals surface area contributed by atoms with Crippen LogP contribution in [-0.4, -0.2) is 18.1 Å². The first kappa shape index (κ1) is 13.2. The van der Waals surface area contributed by atoms with Crippen molar-refractivity contribution < 1.29 is 9.53 Å². The smallest absolute Gasteiger partial charge is 0.252 e. The van der Waals surface area contributed by atoms with Crippen molar-refractivity contribution in [3.63, 3.8) is 0 Å². The third-order valence-corrected chi connectivity index (χ3v) is 3.48. The quantitative estimate of drug-likeness (QED) is 0.881. The number of carbonyl (C=O) groups is 1. The molecule has 1 fully saturated rings. The minimum Gasteiger partial charge on any atom is -0.488 e. The van der Waals surface area contributed by atoms with Crippen LogP contribution in [0.3, 0.4) is 0 Å².